The second kappa shape index (κ2) is 6.80. The summed E-state index contributed by atoms with van der Waals surface area (Å²) in [5, 5.41) is 0. The Hall–Kier alpha value is -1.23. The molecule has 1 rings (SSSR count). The molecule has 0 aliphatic carbocycles. The van der Waals surface area contributed by atoms with Crippen LogP contribution < -0.4 is 10.5 Å². The molecule has 0 heterocycles. The number of halogens is 3. The van der Waals surface area contributed by atoms with E-state index in [0.717, 1.165) is 6.07 Å². The number of rotatable bonds is 6. The minimum Gasteiger partial charge on any atom is -0.490 e. The summed E-state index contributed by atoms with van der Waals surface area (Å²) in [4.78, 5) is 0. The maximum absolute atomic E-state index is 13.0. The van der Waals surface area contributed by atoms with E-state index >= 15 is 0 Å². The van der Waals surface area contributed by atoms with Crippen molar-refractivity contribution in [3.05, 3.63) is 29.3 Å². The van der Waals surface area contributed by atoms with Gasteiger partial charge in [-0.1, -0.05) is 19.9 Å². The van der Waals surface area contributed by atoms with Gasteiger partial charge in [0.05, 0.1) is 11.7 Å². The van der Waals surface area contributed by atoms with E-state index in [-0.39, 0.29) is 11.9 Å². The summed E-state index contributed by atoms with van der Waals surface area (Å²) < 4.78 is 44.5. The van der Waals surface area contributed by atoms with E-state index in [9.17, 15) is 13.2 Å². The molecule has 5 heteroatoms. The number of benzene rings is 1. The quantitative estimate of drug-likeness (QED) is 0.857. The van der Waals surface area contributed by atoms with Crippen molar-refractivity contribution in [3.8, 4) is 5.75 Å². The molecule has 108 valence electrons. The smallest absolute Gasteiger partial charge is 0.419 e. The molecule has 0 saturated carbocycles. The summed E-state index contributed by atoms with van der Waals surface area (Å²) >= 11 is 0. The molecule has 0 amide bonds. The van der Waals surface area contributed by atoms with Crippen molar-refractivity contribution in [1.82, 2.24) is 0 Å². The van der Waals surface area contributed by atoms with Crippen molar-refractivity contribution >= 4 is 0 Å². The second-order valence-corrected chi connectivity index (χ2v) is 4.42. The van der Waals surface area contributed by atoms with Crippen molar-refractivity contribution in [3.63, 3.8) is 0 Å². The average molecular weight is 275 g/mol. The SMILES string of the molecule is CCC(CC)Oc1ccc(CCN)cc1C(F)(F)F. The molecule has 2 nitrogen and oxygen atoms in total. The minimum atomic E-state index is -4.41. The van der Waals surface area contributed by atoms with E-state index in [0.29, 0.717) is 31.4 Å². The Labute approximate surface area is 111 Å². The molecular weight excluding hydrogens is 255 g/mol. The van der Waals surface area contributed by atoms with E-state index in [1.807, 2.05) is 13.8 Å². The van der Waals surface area contributed by atoms with Gasteiger partial charge in [0.1, 0.15) is 5.75 Å². The monoisotopic (exact) mass is 275 g/mol. The van der Waals surface area contributed by atoms with Crippen LogP contribution in [0.2, 0.25) is 0 Å². The molecule has 0 aromatic heterocycles. The predicted molar refractivity (Wildman–Crippen MR) is 69.2 cm³/mol. The van der Waals surface area contributed by atoms with Crippen LogP contribution in [-0.2, 0) is 12.6 Å². The third kappa shape index (κ3) is 4.42. The van der Waals surface area contributed by atoms with Gasteiger partial charge in [-0.25, -0.2) is 0 Å². The highest BCUT2D eigenvalue weighted by molar-refractivity contribution is 5.39. The highest BCUT2D eigenvalue weighted by Gasteiger charge is 2.35. The van der Waals surface area contributed by atoms with Gasteiger partial charge in [0, 0.05) is 0 Å². The van der Waals surface area contributed by atoms with Gasteiger partial charge >= 0.3 is 6.18 Å². The Morgan fingerprint density at radius 3 is 2.32 bits per heavy atom. The molecule has 0 aliphatic rings. The number of alkyl halides is 3. The van der Waals surface area contributed by atoms with Crippen LogP contribution in [0, 0.1) is 0 Å². The lowest BCUT2D eigenvalue weighted by Crippen LogP contribution is -2.17. The van der Waals surface area contributed by atoms with Crippen LogP contribution >= 0.6 is 0 Å². The van der Waals surface area contributed by atoms with E-state index < -0.39 is 11.7 Å². The zero-order valence-electron chi connectivity index (χ0n) is 11.3. The third-order valence-corrected chi connectivity index (χ3v) is 2.99. The fourth-order valence-electron chi connectivity index (χ4n) is 1.86. The summed E-state index contributed by atoms with van der Waals surface area (Å²) in [6.45, 7) is 4.11. The summed E-state index contributed by atoms with van der Waals surface area (Å²) in [5.41, 5.74) is 5.23. The molecule has 0 fully saturated rings. The van der Waals surface area contributed by atoms with Crippen LogP contribution in [0.4, 0.5) is 13.2 Å². The van der Waals surface area contributed by atoms with Crippen LogP contribution in [0.1, 0.15) is 37.8 Å². The third-order valence-electron chi connectivity index (χ3n) is 2.99. The van der Waals surface area contributed by atoms with Crippen LogP contribution in [-0.4, -0.2) is 12.6 Å². The molecule has 0 aliphatic heterocycles. The molecule has 0 atom stereocenters. The Balaban J connectivity index is 3.09. The maximum atomic E-state index is 13.0. The standard InChI is InChI=1S/C14H20F3NO/c1-3-11(4-2)19-13-6-5-10(7-8-18)9-12(13)14(15,16)17/h5-6,9,11H,3-4,7-8,18H2,1-2H3. The minimum absolute atomic E-state index is 0.0954. The molecule has 0 spiro atoms. The fraction of sp³-hybridized carbons (Fsp3) is 0.571. The van der Waals surface area contributed by atoms with Gasteiger partial charge in [-0.3, -0.25) is 0 Å². The zero-order chi connectivity index (χ0) is 14.5. The van der Waals surface area contributed by atoms with Gasteiger partial charge in [0.2, 0.25) is 0 Å². The van der Waals surface area contributed by atoms with Crippen molar-refractivity contribution < 1.29 is 17.9 Å². The molecule has 1 aromatic carbocycles. The van der Waals surface area contributed by atoms with Gasteiger partial charge in [-0.2, -0.15) is 13.2 Å². The van der Waals surface area contributed by atoms with Gasteiger partial charge in [0.25, 0.3) is 0 Å². The lowest BCUT2D eigenvalue weighted by atomic mass is 10.1. The first kappa shape index (κ1) is 15.8. The van der Waals surface area contributed by atoms with Gasteiger partial charge in [-0.05, 0) is 43.5 Å². The van der Waals surface area contributed by atoms with E-state index in [1.54, 1.807) is 6.07 Å². The van der Waals surface area contributed by atoms with Crippen molar-refractivity contribution in [2.24, 2.45) is 5.73 Å². The summed E-state index contributed by atoms with van der Waals surface area (Å²) in [7, 11) is 0. The Kier molecular flexibility index (Phi) is 5.66. The Morgan fingerprint density at radius 2 is 1.84 bits per heavy atom. The first-order valence-corrected chi connectivity index (χ1v) is 6.49. The van der Waals surface area contributed by atoms with Gasteiger partial charge < -0.3 is 10.5 Å². The summed E-state index contributed by atoms with van der Waals surface area (Å²) in [6.07, 6.45) is -2.82. The summed E-state index contributed by atoms with van der Waals surface area (Å²) in [5.74, 6) is -0.0954. The van der Waals surface area contributed by atoms with Crippen molar-refractivity contribution in [2.75, 3.05) is 6.54 Å². The molecule has 0 bridgehead atoms. The number of ether oxygens (including phenoxy) is 1. The fourth-order valence-corrected chi connectivity index (χ4v) is 1.86. The number of hydrogen-bond acceptors (Lipinski definition) is 2. The summed E-state index contributed by atoms with van der Waals surface area (Å²) in [6, 6.07) is 4.16. The molecule has 1 aromatic rings. The molecular formula is C14H20F3NO. The highest BCUT2D eigenvalue weighted by Crippen LogP contribution is 2.37. The van der Waals surface area contributed by atoms with Crippen LogP contribution in [0.15, 0.2) is 18.2 Å². The zero-order valence-corrected chi connectivity index (χ0v) is 11.3. The van der Waals surface area contributed by atoms with Crippen LogP contribution in [0.5, 0.6) is 5.75 Å². The first-order chi connectivity index (χ1) is 8.92. The molecule has 0 radical (unpaired) electrons. The number of hydrogen-bond donors (Lipinski definition) is 1. The number of nitrogens with two attached hydrogens (primary N) is 1. The molecule has 19 heavy (non-hydrogen) atoms. The van der Waals surface area contributed by atoms with Crippen molar-refractivity contribution in [2.45, 2.75) is 45.4 Å². The van der Waals surface area contributed by atoms with Gasteiger partial charge in [0.15, 0.2) is 0 Å². The van der Waals surface area contributed by atoms with Crippen LogP contribution in [0.25, 0.3) is 0 Å². The lowest BCUT2D eigenvalue weighted by molar-refractivity contribution is -0.139. The Morgan fingerprint density at radius 1 is 1.21 bits per heavy atom. The second-order valence-electron chi connectivity index (χ2n) is 4.42. The highest BCUT2D eigenvalue weighted by atomic mass is 19.4. The largest absolute Gasteiger partial charge is 0.490 e. The normalized spacial score (nSPS) is 11.9. The molecule has 0 unspecified atom stereocenters. The van der Waals surface area contributed by atoms with E-state index in [2.05, 4.69) is 0 Å². The topological polar surface area (TPSA) is 35.2 Å². The van der Waals surface area contributed by atoms with Gasteiger partial charge in [-0.15, -0.1) is 0 Å². The maximum Gasteiger partial charge on any atom is 0.419 e. The molecule has 0 saturated heterocycles. The van der Waals surface area contributed by atoms with E-state index in [4.69, 9.17) is 10.5 Å². The lowest BCUT2D eigenvalue weighted by Gasteiger charge is -2.20. The predicted octanol–water partition coefficient (Wildman–Crippen LogP) is 3.77. The molecule has 2 N–H and O–H groups in total. The van der Waals surface area contributed by atoms with Crippen LogP contribution in [0.3, 0.4) is 0 Å². The van der Waals surface area contributed by atoms with E-state index in [1.165, 1.54) is 6.07 Å². The Bertz CT molecular complexity index is 400. The first-order valence-electron chi connectivity index (χ1n) is 6.49. The van der Waals surface area contributed by atoms with Crippen molar-refractivity contribution in [1.29, 1.82) is 0 Å². The average Bonchev–Trinajstić information content (AvgIpc) is 2.36.